The molecule has 0 atom stereocenters. The van der Waals surface area contributed by atoms with Gasteiger partial charge in [-0.3, -0.25) is 0 Å². The van der Waals surface area contributed by atoms with Gasteiger partial charge < -0.3 is 19.3 Å². The Morgan fingerprint density at radius 3 is 2.52 bits per heavy atom. The van der Waals surface area contributed by atoms with E-state index in [2.05, 4.69) is 18.5 Å². The van der Waals surface area contributed by atoms with Gasteiger partial charge in [-0.1, -0.05) is 18.9 Å². The quantitative estimate of drug-likeness (QED) is 0.324. The van der Waals surface area contributed by atoms with E-state index in [4.69, 9.17) is 9.47 Å². The van der Waals surface area contributed by atoms with E-state index in [-0.39, 0.29) is 17.9 Å². The van der Waals surface area contributed by atoms with Crippen molar-refractivity contribution in [2.45, 2.75) is 63.5 Å². The highest BCUT2D eigenvalue weighted by Crippen LogP contribution is 2.26. The van der Waals surface area contributed by atoms with Crippen LogP contribution in [-0.2, 0) is 4.74 Å². The molecule has 1 saturated carbocycles. The highest BCUT2D eigenvalue weighted by atomic mass is 19.1. The molecule has 1 aliphatic rings. The lowest BCUT2D eigenvalue weighted by Gasteiger charge is -2.34. The van der Waals surface area contributed by atoms with E-state index < -0.39 is 17.7 Å². The van der Waals surface area contributed by atoms with Gasteiger partial charge in [-0.2, -0.15) is 0 Å². The van der Waals surface area contributed by atoms with Crippen LogP contribution >= 0.6 is 0 Å². The van der Waals surface area contributed by atoms with Crippen LogP contribution in [-0.4, -0.2) is 61.8 Å². The Morgan fingerprint density at radius 1 is 1.13 bits per heavy atom. The fraction of sp³-hybridized carbons (Fsp3) is 0.625. The molecule has 0 heterocycles. The van der Waals surface area contributed by atoms with Crippen LogP contribution in [0.5, 0.6) is 5.75 Å². The van der Waals surface area contributed by atoms with Crippen molar-refractivity contribution < 1.29 is 23.0 Å². The van der Waals surface area contributed by atoms with Crippen LogP contribution in [0.1, 0.15) is 51.4 Å². The molecule has 1 amide bonds. The first-order chi connectivity index (χ1) is 14.9. The van der Waals surface area contributed by atoms with Gasteiger partial charge >= 0.3 is 6.09 Å². The number of rotatable bonds is 12. The molecule has 1 aromatic carbocycles. The van der Waals surface area contributed by atoms with Crippen LogP contribution in [0.15, 0.2) is 30.9 Å². The molecule has 0 bridgehead atoms. The third kappa shape index (κ3) is 8.95. The molecule has 31 heavy (non-hydrogen) atoms. The van der Waals surface area contributed by atoms with E-state index >= 15 is 0 Å². The number of benzene rings is 1. The third-order valence-corrected chi connectivity index (χ3v) is 5.80. The predicted octanol–water partition coefficient (Wildman–Crippen LogP) is 5.40. The summed E-state index contributed by atoms with van der Waals surface area (Å²) in [5.74, 6) is -1.86. The number of likely N-dealkylation sites (N-methyl/N-ethyl adjacent to an activating group) is 1. The Labute approximate surface area is 185 Å². The zero-order chi connectivity index (χ0) is 22.6. The van der Waals surface area contributed by atoms with Crippen molar-refractivity contribution in [2.24, 2.45) is 0 Å². The van der Waals surface area contributed by atoms with Crippen molar-refractivity contribution in [3.8, 4) is 5.75 Å². The maximum Gasteiger partial charge on any atom is 0.415 e. The molecule has 0 unspecified atom stereocenters. The van der Waals surface area contributed by atoms with Crippen molar-refractivity contribution in [1.29, 1.82) is 0 Å². The van der Waals surface area contributed by atoms with Gasteiger partial charge in [0.05, 0.1) is 6.10 Å². The van der Waals surface area contributed by atoms with Gasteiger partial charge in [-0.05, 0) is 64.3 Å². The third-order valence-electron chi connectivity index (χ3n) is 5.80. The van der Waals surface area contributed by atoms with Crippen molar-refractivity contribution in [1.82, 2.24) is 9.80 Å². The van der Waals surface area contributed by atoms with E-state index in [1.165, 1.54) is 24.2 Å². The van der Waals surface area contributed by atoms with Crippen molar-refractivity contribution >= 4 is 6.09 Å². The lowest BCUT2D eigenvalue weighted by atomic mass is 9.92. The highest BCUT2D eigenvalue weighted by molar-refractivity contribution is 5.70. The number of unbranched alkanes of at least 4 members (excludes halogenated alkanes) is 3. The molecule has 0 spiro atoms. The number of halogens is 2. The van der Waals surface area contributed by atoms with Gasteiger partial charge in [-0.15, -0.1) is 6.58 Å². The minimum atomic E-state index is -0.886. The van der Waals surface area contributed by atoms with Gasteiger partial charge in [0.25, 0.3) is 0 Å². The second-order valence-electron chi connectivity index (χ2n) is 8.32. The lowest BCUT2D eigenvalue weighted by Crippen LogP contribution is -2.42. The number of carbonyl (C=O) groups is 1. The molecule has 0 saturated heterocycles. The normalized spacial score (nSPS) is 18.7. The second-order valence-corrected chi connectivity index (χ2v) is 8.32. The number of ether oxygens (including phenoxy) is 2. The lowest BCUT2D eigenvalue weighted by molar-refractivity contribution is 0.0104. The second kappa shape index (κ2) is 13.4. The average Bonchev–Trinajstić information content (AvgIpc) is 2.75. The summed E-state index contributed by atoms with van der Waals surface area (Å²) in [5, 5.41) is 0. The van der Waals surface area contributed by atoms with E-state index in [1.54, 1.807) is 7.05 Å². The molecular weight excluding hydrogens is 402 g/mol. The summed E-state index contributed by atoms with van der Waals surface area (Å²) in [5.41, 5.74) is 0. The molecule has 5 nitrogen and oxygen atoms in total. The van der Waals surface area contributed by atoms with Gasteiger partial charge in [0.1, 0.15) is 5.82 Å². The van der Waals surface area contributed by atoms with E-state index in [0.717, 1.165) is 63.9 Å². The largest absolute Gasteiger partial charge is 0.415 e. The number of nitrogens with zero attached hydrogens (tertiary/aromatic N) is 2. The summed E-state index contributed by atoms with van der Waals surface area (Å²) < 4.78 is 37.8. The summed E-state index contributed by atoms with van der Waals surface area (Å²) in [6.45, 7) is 6.56. The first-order valence-electron chi connectivity index (χ1n) is 11.2. The van der Waals surface area contributed by atoms with Crippen LogP contribution in [0.4, 0.5) is 13.6 Å². The molecule has 1 aromatic rings. The molecule has 0 N–H and O–H groups in total. The molecule has 0 aromatic heterocycles. The Balaban J connectivity index is 1.59. The Bertz CT molecular complexity index is 693. The smallest absolute Gasteiger partial charge is 0.407 e. The van der Waals surface area contributed by atoms with Crippen LogP contribution in [0, 0.1) is 11.6 Å². The molecular formula is C24H36F2N2O3. The maximum absolute atomic E-state index is 13.7. The number of amides is 1. The van der Waals surface area contributed by atoms with E-state index in [9.17, 15) is 13.6 Å². The standard InChI is InChI=1S/C24H36F2N2O3/c1-4-15-27(2)16-7-5-6-8-17-30-21-12-10-20(11-13-21)28(3)24(29)31-23-14-9-19(25)18-22(23)26/h4,9,14,18,20-21H,1,5-8,10-13,15-17H2,2-3H3/t20-,21-. The first-order valence-corrected chi connectivity index (χ1v) is 11.2. The molecule has 7 heteroatoms. The summed E-state index contributed by atoms with van der Waals surface area (Å²) in [6, 6.07) is 2.92. The monoisotopic (exact) mass is 438 g/mol. The number of hydrogen-bond acceptors (Lipinski definition) is 4. The zero-order valence-corrected chi connectivity index (χ0v) is 18.8. The molecule has 1 fully saturated rings. The average molecular weight is 439 g/mol. The SMILES string of the molecule is C=CCN(C)CCCCCCO[C@H]1CC[C@H](N(C)C(=O)Oc2ccc(F)cc2F)CC1. The Morgan fingerprint density at radius 2 is 1.84 bits per heavy atom. The summed E-state index contributed by atoms with van der Waals surface area (Å²) in [7, 11) is 3.77. The molecule has 0 radical (unpaired) electrons. The van der Waals surface area contributed by atoms with E-state index in [1.807, 2.05) is 6.08 Å². The van der Waals surface area contributed by atoms with Gasteiger partial charge in [0.2, 0.25) is 0 Å². The number of carbonyl (C=O) groups excluding carboxylic acids is 1. The van der Waals surface area contributed by atoms with Gasteiger partial charge in [0.15, 0.2) is 11.6 Å². The van der Waals surface area contributed by atoms with Crippen molar-refractivity contribution in [3.05, 3.63) is 42.5 Å². The first kappa shape index (κ1) is 25.3. The van der Waals surface area contributed by atoms with Crippen LogP contribution < -0.4 is 4.74 Å². The summed E-state index contributed by atoms with van der Waals surface area (Å²) in [4.78, 5) is 16.1. The fourth-order valence-corrected chi connectivity index (χ4v) is 3.87. The maximum atomic E-state index is 13.7. The Kier molecular flexibility index (Phi) is 10.9. The summed E-state index contributed by atoms with van der Waals surface area (Å²) in [6.07, 6.45) is 9.58. The summed E-state index contributed by atoms with van der Waals surface area (Å²) >= 11 is 0. The number of hydrogen-bond donors (Lipinski definition) is 0. The highest BCUT2D eigenvalue weighted by Gasteiger charge is 2.28. The van der Waals surface area contributed by atoms with Crippen LogP contribution in [0.25, 0.3) is 0 Å². The van der Waals surface area contributed by atoms with Crippen LogP contribution in [0.3, 0.4) is 0 Å². The molecule has 2 rings (SSSR count). The molecule has 0 aliphatic heterocycles. The molecule has 1 aliphatic carbocycles. The topological polar surface area (TPSA) is 42.0 Å². The predicted molar refractivity (Wildman–Crippen MR) is 118 cm³/mol. The zero-order valence-electron chi connectivity index (χ0n) is 18.8. The van der Waals surface area contributed by atoms with Crippen LogP contribution in [0.2, 0.25) is 0 Å². The minimum Gasteiger partial charge on any atom is -0.407 e. The van der Waals surface area contributed by atoms with Gasteiger partial charge in [-0.25, -0.2) is 13.6 Å². The van der Waals surface area contributed by atoms with Gasteiger partial charge in [0, 0.05) is 32.3 Å². The van der Waals surface area contributed by atoms with Crippen molar-refractivity contribution in [2.75, 3.05) is 33.8 Å². The van der Waals surface area contributed by atoms with E-state index in [0.29, 0.717) is 6.07 Å². The van der Waals surface area contributed by atoms with Crippen molar-refractivity contribution in [3.63, 3.8) is 0 Å². The fourth-order valence-electron chi connectivity index (χ4n) is 3.87. The minimum absolute atomic E-state index is 0.0309. The Hall–Kier alpha value is -1.99. The molecule has 174 valence electrons.